The highest BCUT2D eigenvalue weighted by molar-refractivity contribution is 14.0. The third-order valence-electron chi connectivity index (χ3n) is 5.42. The molecule has 6 nitrogen and oxygen atoms in total. The molecular formula is C19H40IN5O. The lowest BCUT2D eigenvalue weighted by molar-refractivity contribution is -0.0161. The molecule has 0 aliphatic carbocycles. The largest absolute Gasteiger partial charge is 0.374 e. The fourth-order valence-corrected chi connectivity index (χ4v) is 3.84. The summed E-state index contributed by atoms with van der Waals surface area (Å²) < 4.78 is 5.82. The van der Waals surface area contributed by atoms with Gasteiger partial charge < -0.3 is 20.3 Å². The van der Waals surface area contributed by atoms with Crippen LogP contribution in [0.3, 0.4) is 0 Å². The second-order valence-corrected chi connectivity index (χ2v) is 7.85. The first kappa shape index (κ1) is 23.9. The van der Waals surface area contributed by atoms with Gasteiger partial charge in [0, 0.05) is 39.3 Å². The number of nitrogens with one attached hydrogen (secondary N) is 2. The van der Waals surface area contributed by atoms with Crippen molar-refractivity contribution in [1.29, 1.82) is 0 Å². The second-order valence-electron chi connectivity index (χ2n) is 7.85. The van der Waals surface area contributed by atoms with Crippen LogP contribution in [0.5, 0.6) is 0 Å². The van der Waals surface area contributed by atoms with Gasteiger partial charge in [-0.25, -0.2) is 0 Å². The topological polar surface area (TPSA) is 52.1 Å². The van der Waals surface area contributed by atoms with E-state index in [1.54, 1.807) is 0 Å². The molecule has 2 fully saturated rings. The van der Waals surface area contributed by atoms with Crippen molar-refractivity contribution in [3.63, 3.8) is 0 Å². The van der Waals surface area contributed by atoms with Gasteiger partial charge in [0.15, 0.2) is 5.96 Å². The van der Waals surface area contributed by atoms with Crippen molar-refractivity contribution >= 4 is 29.9 Å². The van der Waals surface area contributed by atoms with Crippen LogP contribution in [0, 0.1) is 5.92 Å². The summed E-state index contributed by atoms with van der Waals surface area (Å²) in [5, 5.41) is 6.99. The number of ether oxygens (including phenoxy) is 1. The number of likely N-dealkylation sites (tertiary alicyclic amines) is 1. The number of morpholine rings is 1. The molecule has 0 spiro atoms. The zero-order valence-electron chi connectivity index (χ0n) is 17.2. The average molecular weight is 481 g/mol. The number of nitrogens with zero attached hydrogens (tertiary/aromatic N) is 3. The van der Waals surface area contributed by atoms with Gasteiger partial charge in [-0.3, -0.25) is 9.89 Å². The monoisotopic (exact) mass is 481 g/mol. The summed E-state index contributed by atoms with van der Waals surface area (Å²) >= 11 is 0. The van der Waals surface area contributed by atoms with Crippen LogP contribution >= 0.6 is 24.0 Å². The zero-order valence-corrected chi connectivity index (χ0v) is 19.5. The zero-order chi connectivity index (χ0) is 18.1. The number of halogens is 1. The first-order chi connectivity index (χ1) is 12.1. The van der Waals surface area contributed by atoms with Crippen LogP contribution in [0.2, 0.25) is 0 Å². The average Bonchev–Trinajstić information content (AvgIpc) is 2.87. The van der Waals surface area contributed by atoms with E-state index in [9.17, 15) is 0 Å². The Bertz CT molecular complexity index is 399. The van der Waals surface area contributed by atoms with Gasteiger partial charge in [-0.15, -0.1) is 24.0 Å². The van der Waals surface area contributed by atoms with Gasteiger partial charge >= 0.3 is 0 Å². The van der Waals surface area contributed by atoms with E-state index in [0.29, 0.717) is 12.0 Å². The van der Waals surface area contributed by atoms with Gasteiger partial charge in [-0.2, -0.15) is 0 Å². The van der Waals surface area contributed by atoms with Crippen molar-refractivity contribution in [3.05, 3.63) is 0 Å². The molecule has 0 aromatic rings. The molecule has 0 bridgehead atoms. The van der Waals surface area contributed by atoms with Crippen molar-refractivity contribution < 1.29 is 4.74 Å². The summed E-state index contributed by atoms with van der Waals surface area (Å²) in [5.74, 6) is 1.52. The molecule has 26 heavy (non-hydrogen) atoms. The highest BCUT2D eigenvalue weighted by Gasteiger charge is 2.23. The number of hydrogen-bond acceptors (Lipinski definition) is 4. The fourth-order valence-electron chi connectivity index (χ4n) is 3.84. The molecule has 2 unspecified atom stereocenters. The summed E-state index contributed by atoms with van der Waals surface area (Å²) in [6.07, 6.45) is 5.68. The van der Waals surface area contributed by atoms with E-state index in [1.807, 2.05) is 7.05 Å². The van der Waals surface area contributed by atoms with Gasteiger partial charge in [0.2, 0.25) is 0 Å². The lowest BCUT2D eigenvalue weighted by atomic mass is 10.0. The van der Waals surface area contributed by atoms with E-state index in [4.69, 9.17) is 4.74 Å². The quantitative estimate of drug-likeness (QED) is 0.346. The minimum absolute atomic E-state index is 0. The van der Waals surface area contributed by atoms with Crippen molar-refractivity contribution in [2.45, 2.75) is 51.7 Å². The standard InChI is InChI=1S/C19H39N5O.HI/c1-16(2)18(24-9-7-5-6-8-10-24)14-22-19(20-3)21-13-17-15-23(4)11-12-25-17;/h16-18H,5-15H2,1-4H3,(H2,20,21,22);1H. The number of rotatable bonds is 6. The minimum atomic E-state index is 0. The van der Waals surface area contributed by atoms with E-state index >= 15 is 0 Å². The summed E-state index contributed by atoms with van der Waals surface area (Å²) in [4.78, 5) is 9.39. The molecule has 2 aliphatic heterocycles. The van der Waals surface area contributed by atoms with Crippen LogP contribution in [-0.2, 0) is 4.74 Å². The van der Waals surface area contributed by atoms with E-state index in [1.165, 1.54) is 38.8 Å². The first-order valence-corrected chi connectivity index (χ1v) is 10.1. The Labute approximate surface area is 177 Å². The van der Waals surface area contributed by atoms with Gasteiger partial charge in [0.05, 0.1) is 12.7 Å². The minimum Gasteiger partial charge on any atom is -0.374 e. The smallest absolute Gasteiger partial charge is 0.191 e. The molecule has 2 heterocycles. The lowest BCUT2D eigenvalue weighted by Gasteiger charge is -2.34. The highest BCUT2D eigenvalue weighted by atomic mass is 127. The van der Waals surface area contributed by atoms with Crippen LogP contribution in [0.15, 0.2) is 4.99 Å². The Morgan fingerprint density at radius 1 is 1.12 bits per heavy atom. The summed E-state index contributed by atoms with van der Waals surface area (Å²) in [6, 6.07) is 0.564. The fraction of sp³-hybridized carbons (Fsp3) is 0.947. The Morgan fingerprint density at radius 3 is 2.38 bits per heavy atom. The molecule has 0 saturated carbocycles. The maximum Gasteiger partial charge on any atom is 0.191 e. The number of aliphatic imine (C=N–C) groups is 1. The Hall–Kier alpha value is -0.120. The summed E-state index contributed by atoms with van der Waals surface area (Å²) in [5.41, 5.74) is 0. The molecular weight excluding hydrogens is 441 g/mol. The van der Waals surface area contributed by atoms with Crippen LogP contribution in [0.4, 0.5) is 0 Å². The van der Waals surface area contributed by atoms with Crippen molar-refractivity contribution in [1.82, 2.24) is 20.4 Å². The molecule has 0 radical (unpaired) electrons. The normalized spacial score (nSPS) is 24.7. The second kappa shape index (κ2) is 13.1. The number of guanidine groups is 1. The molecule has 2 rings (SSSR count). The van der Waals surface area contributed by atoms with E-state index in [-0.39, 0.29) is 30.1 Å². The first-order valence-electron chi connectivity index (χ1n) is 10.1. The third-order valence-corrected chi connectivity index (χ3v) is 5.42. The van der Waals surface area contributed by atoms with Crippen molar-refractivity contribution in [2.24, 2.45) is 10.9 Å². The summed E-state index contributed by atoms with van der Waals surface area (Å²) in [7, 11) is 4.00. The Morgan fingerprint density at radius 2 is 1.81 bits per heavy atom. The Kier molecular flexibility index (Phi) is 12.1. The van der Waals surface area contributed by atoms with Crippen molar-refractivity contribution in [2.75, 3.05) is 60.0 Å². The molecule has 2 saturated heterocycles. The Balaban J connectivity index is 0.00000338. The molecule has 2 atom stereocenters. The number of likely N-dealkylation sites (N-methyl/N-ethyl adjacent to an activating group) is 1. The molecule has 0 aromatic heterocycles. The van der Waals surface area contributed by atoms with Crippen LogP contribution in [-0.4, -0.2) is 87.9 Å². The molecule has 2 N–H and O–H groups in total. The van der Waals surface area contributed by atoms with E-state index in [2.05, 4.69) is 46.3 Å². The highest BCUT2D eigenvalue weighted by Crippen LogP contribution is 2.17. The van der Waals surface area contributed by atoms with E-state index in [0.717, 1.165) is 38.7 Å². The maximum absolute atomic E-state index is 5.82. The molecule has 7 heteroatoms. The maximum atomic E-state index is 5.82. The van der Waals surface area contributed by atoms with Crippen molar-refractivity contribution in [3.8, 4) is 0 Å². The van der Waals surface area contributed by atoms with Gasteiger partial charge in [0.25, 0.3) is 0 Å². The van der Waals surface area contributed by atoms with Crippen LogP contribution in [0.1, 0.15) is 39.5 Å². The predicted octanol–water partition coefficient (Wildman–Crippen LogP) is 2.00. The SMILES string of the molecule is CN=C(NCC1CN(C)CCO1)NCC(C(C)C)N1CCCCCC1.I. The summed E-state index contributed by atoms with van der Waals surface area (Å²) in [6.45, 7) is 11.7. The number of hydrogen-bond donors (Lipinski definition) is 2. The van der Waals surface area contributed by atoms with Crippen LogP contribution < -0.4 is 10.6 Å². The predicted molar refractivity (Wildman–Crippen MR) is 121 cm³/mol. The van der Waals surface area contributed by atoms with Gasteiger partial charge in [0.1, 0.15) is 0 Å². The van der Waals surface area contributed by atoms with E-state index < -0.39 is 0 Å². The van der Waals surface area contributed by atoms with Gasteiger partial charge in [-0.1, -0.05) is 26.7 Å². The van der Waals surface area contributed by atoms with Crippen LogP contribution in [0.25, 0.3) is 0 Å². The molecule has 154 valence electrons. The molecule has 0 aromatic carbocycles. The third kappa shape index (κ3) is 8.27. The lowest BCUT2D eigenvalue weighted by Crippen LogP contribution is -2.52. The van der Waals surface area contributed by atoms with Gasteiger partial charge in [-0.05, 0) is 38.9 Å². The molecule has 0 amide bonds. The molecule has 2 aliphatic rings.